The molecule has 172 valence electrons. The number of hydrogen-bond acceptors (Lipinski definition) is 3. The van der Waals surface area contributed by atoms with Gasteiger partial charge >= 0.3 is 11.9 Å². The average Bonchev–Trinajstić information content (AvgIpc) is 2.81. The average molecular weight is 453 g/mol. The van der Waals surface area contributed by atoms with Crippen molar-refractivity contribution in [2.45, 2.75) is 27.7 Å². The fraction of sp³-hybridized carbons (Fsp3) is 0.133. The number of benzene rings is 4. The normalized spacial score (nSPS) is 10.1. The second-order valence-electron chi connectivity index (χ2n) is 8.29. The number of esters is 1. The minimum absolute atomic E-state index is 0.325. The molecule has 0 unspecified atom stereocenters. The Bertz CT molecular complexity index is 1270. The maximum atomic E-state index is 11.8. The van der Waals surface area contributed by atoms with Crippen molar-refractivity contribution in [2.24, 2.45) is 0 Å². The first-order chi connectivity index (χ1) is 16.2. The van der Waals surface area contributed by atoms with Crippen LogP contribution in [0.5, 0.6) is 5.75 Å². The van der Waals surface area contributed by atoms with Crippen LogP contribution in [0.4, 0.5) is 0 Å². The molecule has 0 saturated carbocycles. The zero-order valence-corrected chi connectivity index (χ0v) is 19.8. The summed E-state index contributed by atoms with van der Waals surface area (Å²) in [7, 11) is 0. The zero-order valence-electron chi connectivity index (χ0n) is 19.8. The standard InChI is InChI=1S/2C15H14O2/c1-11-3-7-13(8-4-11)15(16)17-14-9-5-12(2)6-10-14;1-10-3-6-12(7-4-10)14-9-11(2)5-8-13(14)15(16)17/h3-10H,1-2H3;3-9H,1-2H3,(H,16,17). The Morgan fingerprint density at radius 1 is 0.618 bits per heavy atom. The molecule has 4 heteroatoms. The Hall–Kier alpha value is -4.18. The summed E-state index contributed by atoms with van der Waals surface area (Å²) in [6.07, 6.45) is 0. The largest absolute Gasteiger partial charge is 0.478 e. The number of ether oxygens (including phenoxy) is 1. The van der Waals surface area contributed by atoms with Gasteiger partial charge in [-0.15, -0.1) is 0 Å². The third-order valence-corrected chi connectivity index (χ3v) is 5.29. The number of carbonyl (C=O) groups is 2. The second kappa shape index (κ2) is 11.1. The van der Waals surface area contributed by atoms with E-state index < -0.39 is 5.97 Å². The smallest absolute Gasteiger partial charge is 0.343 e. The van der Waals surface area contributed by atoms with Crippen molar-refractivity contribution in [3.05, 3.63) is 124 Å². The lowest BCUT2D eigenvalue weighted by molar-refractivity contribution is 0.0695. The van der Waals surface area contributed by atoms with Gasteiger partial charge in [0.1, 0.15) is 5.75 Å². The molecule has 0 radical (unpaired) electrons. The van der Waals surface area contributed by atoms with Crippen LogP contribution < -0.4 is 4.74 Å². The molecule has 0 atom stereocenters. The monoisotopic (exact) mass is 452 g/mol. The molecule has 4 nitrogen and oxygen atoms in total. The van der Waals surface area contributed by atoms with Gasteiger partial charge in [-0.25, -0.2) is 9.59 Å². The molecule has 0 fully saturated rings. The fourth-order valence-corrected chi connectivity index (χ4v) is 3.28. The number of carbonyl (C=O) groups excluding carboxylic acids is 1. The van der Waals surface area contributed by atoms with Crippen LogP contribution in [0, 0.1) is 27.7 Å². The predicted octanol–water partition coefficient (Wildman–Crippen LogP) is 7.19. The third kappa shape index (κ3) is 6.66. The van der Waals surface area contributed by atoms with E-state index in [2.05, 4.69) is 0 Å². The van der Waals surface area contributed by atoms with E-state index in [9.17, 15) is 14.7 Å². The lowest BCUT2D eigenvalue weighted by Crippen LogP contribution is -2.08. The predicted molar refractivity (Wildman–Crippen MR) is 136 cm³/mol. The van der Waals surface area contributed by atoms with Crippen LogP contribution in [0.25, 0.3) is 11.1 Å². The van der Waals surface area contributed by atoms with Crippen molar-refractivity contribution in [1.29, 1.82) is 0 Å². The van der Waals surface area contributed by atoms with Gasteiger partial charge in [-0.05, 0) is 69.2 Å². The third-order valence-electron chi connectivity index (χ3n) is 5.29. The van der Waals surface area contributed by atoms with Gasteiger partial charge in [0, 0.05) is 0 Å². The topological polar surface area (TPSA) is 63.6 Å². The molecule has 0 aliphatic carbocycles. The van der Waals surface area contributed by atoms with Crippen LogP contribution in [0.3, 0.4) is 0 Å². The van der Waals surface area contributed by atoms with Crippen LogP contribution in [-0.2, 0) is 0 Å². The summed E-state index contributed by atoms with van der Waals surface area (Å²) in [6.45, 7) is 7.95. The molecular weight excluding hydrogens is 424 g/mol. The van der Waals surface area contributed by atoms with Gasteiger partial charge in [-0.3, -0.25) is 0 Å². The fourth-order valence-electron chi connectivity index (χ4n) is 3.28. The van der Waals surface area contributed by atoms with E-state index in [1.165, 1.54) is 5.56 Å². The highest BCUT2D eigenvalue weighted by atomic mass is 16.5. The maximum absolute atomic E-state index is 11.8. The van der Waals surface area contributed by atoms with Gasteiger partial charge in [0.25, 0.3) is 0 Å². The molecule has 34 heavy (non-hydrogen) atoms. The molecule has 0 amide bonds. The molecule has 0 spiro atoms. The number of aryl methyl sites for hydroxylation is 4. The number of carboxylic acid groups (broad SMARTS) is 1. The van der Waals surface area contributed by atoms with Gasteiger partial charge in [-0.2, -0.15) is 0 Å². The van der Waals surface area contributed by atoms with E-state index >= 15 is 0 Å². The van der Waals surface area contributed by atoms with Gasteiger partial charge in [-0.1, -0.05) is 82.9 Å². The van der Waals surface area contributed by atoms with Crippen molar-refractivity contribution >= 4 is 11.9 Å². The zero-order chi connectivity index (χ0) is 24.7. The molecule has 0 aliphatic heterocycles. The Kier molecular flexibility index (Phi) is 7.99. The van der Waals surface area contributed by atoms with Crippen molar-refractivity contribution < 1.29 is 19.4 Å². The Morgan fingerprint density at radius 3 is 1.62 bits per heavy atom. The molecule has 0 bridgehead atoms. The maximum Gasteiger partial charge on any atom is 0.343 e. The summed E-state index contributed by atoms with van der Waals surface area (Å²) in [4.78, 5) is 23.0. The first-order valence-corrected chi connectivity index (χ1v) is 11.0. The van der Waals surface area contributed by atoms with E-state index in [0.717, 1.165) is 27.8 Å². The summed E-state index contributed by atoms with van der Waals surface area (Å²) >= 11 is 0. The molecule has 0 aromatic heterocycles. The van der Waals surface area contributed by atoms with E-state index in [1.54, 1.807) is 30.3 Å². The highest BCUT2D eigenvalue weighted by Gasteiger charge is 2.11. The Morgan fingerprint density at radius 2 is 1.09 bits per heavy atom. The van der Waals surface area contributed by atoms with Crippen molar-refractivity contribution in [3.8, 4) is 16.9 Å². The van der Waals surface area contributed by atoms with E-state index in [4.69, 9.17) is 4.74 Å². The molecule has 4 aromatic carbocycles. The SMILES string of the molecule is Cc1ccc(-c2cc(C)ccc2C(=O)O)cc1.Cc1ccc(OC(=O)c2ccc(C)cc2)cc1. The van der Waals surface area contributed by atoms with Crippen LogP contribution in [0.1, 0.15) is 43.0 Å². The molecule has 4 rings (SSSR count). The highest BCUT2D eigenvalue weighted by Crippen LogP contribution is 2.25. The molecule has 4 aromatic rings. The van der Waals surface area contributed by atoms with Gasteiger partial charge in [0.15, 0.2) is 0 Å². The molecule has 1 N–H and O–H groups in total. The quantitative estimate of drug-likeness (QED) is 0.263. The number of hydrogen-bond donors (Lipinski definition) is 1. The minimum Gasteiger partial charge on any atom is -0.478 e. The minimum atomic E-state index is -0.888. The molecular formula is C30H28O4. The second-order valence-corrected chi connectivity index (χ2v) is 8.29. The number of aromatic carboxylic acids is 1. The highest BCUT2D eigenvalue weighted by molar-refractivity contribution is 5.96. The summed E-state index contributed by atoms with van der Waals surface area (Å²) in [5.41, 5.74) is 7.12. The van der Waals surface area contributed by atoms with Crippen LogP contribution in [-0.4, -0.2) is 17.0 Å². The lowest BCUT2D eigenvalue weighted by Gasteiger charge is -2.08. The van der Waals surface area contributed by atoms with Gasteiger partial charge in [0.05, 0.1) is 11.1 Å². The lowest BCUT2D eigenvalue weighted by atomic mass is 9.97. The number of carboxylic acids is 1. The van der Waals surface area contributed by atoms with Gasteiger partial charge in [0.2, 0.25) is 0 Å². The van der Waals surface area contributed by atoms with E-state index in [-0.39, 0.29) is 5.97 Å². The molecule has 0 heterocycles. The summed E-state index contributed by atoms with van der Waals surface area (Å²) < 4.78 is 5.26. The van der Waals surface area contributed by atoms with Crippen LogP contribution >= 0.6 is 0 Å². The van der Waals surface area contributed by atoms with Crippen LogP contribution in [0.15, 0.2) is 91.0 Å². The Balaban J connectivity index is 0.000000191. The summed E-state index contributed by atoms with van der Waals surface area (Å²) in [5, 5.41) is 9.17. The van der Waals surface area contributed by atoms with Crippen LogP contribution in [0.2, 0.25) is 0 Å². The van der Waals surface area contributed by atoms with E-state index in [1.807, 2.05) is 88.4 Å². The van der Waals surface area contributed by atoms with Gasteiger partial charge < -0.3 is 9.84 Å². The Labute approximate surface area is 200 Å². The first kappa shape index (κ1) is 24.5. The summed E-state index contributed by atoms with van der Waals surface area (Å²) in [5.74, 6) is -0.643. The van der Waals surface area contributed by atoms with Crippen molar-refractivity contribution in [1.82, 2.24) is 0 Å². The molecule has 0 saturated heterocycles. The van der Waals surface area contributed by atoms with E-state index in [0.29, 0.717) is 16.9 Å². The summed E-state index contributed by atoms with van der Waals surface area (Å²) in [6, 6.07) is 28.0. The first-order valence-electron chi connectivity index (χ1n) is 11.0. The molecule has 0 aliphatic rings. The van der Waals surface area contributed by atoms with Crippen molar-refractivity contribution in [2.75, 3.05) is 0 Å². The number of rotatable bonds is 4. The van der Waals surface area contributed by atoms with Crippen molar-refractivity contribution in [3.63, 3.8) is 0 Å².